The van der Waals surface area contributed by atoms with Gasteiger partial charge in [0.2, 0.25) is 0 Å². The van der Waals surface area contributed by atoms with Gasteiger partial charge in [-0.05, 0) is 6.92 Å². The molecule has 0 spiro atoms. The van der Waals surface area contributed by atoms with Crippen molar-refractivity contribution in [3.05, 3.63) is 0 Å². The number of nitrogens with zero attached hydrogens (tertiary/aromatic N) is 1. The van der Waals surface area contributed by atoms with Crippen LogP contribution in [0.3, 0.4) is 0 Å². The Morgan fingerprint density at radius 2 is 2.55 bits per heavy atom. The highest BCUT2D eigenvalue weighted by Crippen LogP contribution is 2.15. The van der Waals surface area contributed by atoms with Gasteiger partial charge >= 0.3 is 0 Å². The maximum atomic E-state index is 10.1. The van der Waals surface area contributed by atoms with Gasteiger partial charge in [0.25, 0.3) is 0 Å². The number of aldehydes is 1. The minimum Gasteiger partial charge on any atom is -0.303 e. The van der Waals surface area contributed by atoms with Gasteiger partial charge in [-0.2, -0.15) is 11.8 Å². The highest BCUT2D eigenvalue weighted by molar-refractivity contribution is 7.99. The van der Waals surface area contributed by atoms with Crippen LogP contribution in [0.15, 0.2) is 0 Å². The summed E-state index contributed by atoms with van der Waals surface area (Å²) in [5.74, 6) is 2.45. The lowest BCUT2D eigenvalue weighted by atomic mass is 10.3. The van der Waals surface area contributed by atoms with Gasteiger partial charge < -0.3 is 4.79 Å². The molecule has 1 aliphatic heterocycles. The largest absolute Gasteiger partial charge is 0.303 e. The van der Waals surface area contributed by atoms with Crippen molar-refractivity contribution in [2.75, 3.05) is 24.6 Å². The van der Waals surface area contributed by atoms with E-state index in [1.807, 2.05) is 11.8 Å². The summed E-state index contributed by atoms with van der Waals surface area (Å²) in [5, 5.41) is 0. The molecule has 0 saturated carbocycles. The van der Waals surface area contributed by atoms with E-state index < -0.39 is 0 Å². The Morgan fingerprint density at radius 1 is 1.73 bits per heavy atom. The summed E-state index contributed by atoms with van der Waals surface area (Å²) < 4.78 is 0. The van der Waals surface area contributed by atoms with E-state index >= 15 is 0 Å². The molecule has 0 N–H and O–H groups in total. The Bertz CT molecular complexity index is 129. The maximum absolute atomic E-state index is 10.1. The summed E-state index contributed by atoms with van der Waals surface area (Å²) in [4.78, 5) is 12.5. The van der Waals surface area contributed by atoms with Crippen molar-refractivity contribution >= 4 is 18.0 Å². The van der Waals surface area contributed by atoms with Crippen LogP contribution in [-0.4, -0.2) is 41.8 Å². The summed E-state index contributed by atoms with van der Waals surface area (Å²) in [7, 11) is 0. The molecular formula is C8H15NOS. The Hall–Kier alpha value is -0.0200. The van der Waals surface area contributed by atoms with Gasteiger partial charge in [0.1, 0.15) is 6.29 Å². The van der Waals surface area contributed by atoms with Crippen molar-refractivity contribution in [2.45, 2.75) is 19.4 Å². The number of carbonyl (C=O) groups is 1. The zero-order valence-electron chi connectivity index (χ0n) is 6.95. The smallest absolute Gasteiger partial charge is 0.121 e. The van der Waals surface area contributed by atoms with Gasteiger partial charge in [-0.1, -0.05) is 0 Å². The molecule has 1 aliphatic rings. The first-order valence-electron chi connectivity index (χ1n) is 4.10. The van der Waals surface area contributed by atoms with E-state index in [0.717, 1.165) is 19.4 Å². The molecule has 2 nitrogen and oxygen atoms in total. The molecule has 1 rings (SSSR count). The molecule has 1 fully saturated rings. The summed E-state index contributed by atoms with van der Waals surface area (Å²) in [6.45, 7) is 4.34. The minimum atomic E-state index is 0.661. The Labute approximate surface area is 72.3 Å². The Kier molecular flexibility index (Phi) is 3.94. The van der Waals surface area contributed by atoms with Gasteiger partial charge in [-0.15, -0.1) is 0 Å². The number of hydrogen-bond acceptors (Lipinski definition) is 3. The molecule has 11 heavy (non-hydrogen) atoms. The Morgan fingerprint density at radius 3 is 3.18 bits per heavy atom. The van der Waals surface area contributed by atoms with E-state index in [-0.39, 0.29) is 0 Å². The molecule has 1 atom stereocenters. The van der Waals surface area contributed by atoms with Crippen LogP contribution in [0.4, 0.5) is 0 Å². The lowest BCUT2D eigenvalue weighted by molar-refractivity contribution is -0.108. The van der Waals surface area contributed by atoms with Crippen LogP contribution in [0.5, 0.6) is 0 Å². The SMILES string of the molecule is CC1CSCCN1CCC=O. The molecule has 0 bridgehead atoms. The molecule has 3 heteroatoms. The van der Waals surface area contributed by atoms with Crippen molar-refractivity contribution in [3.63, 3.8) is 0 Å². The molecule has 1 saturated heterocycles. The predicted octanol–water partition coefficient (Wildman–Crippen LogP) is 1.01. The maximum Gasteiger partial charge on any atom is 0.121 e. The zero-order chi connectivity index (χ0) is 8.10. The Balaban J connectivity index is 2.23. The summed E-state index contributed by atoms with van der Waals surface area (Å²) in [5.41, 5.74) is 0. The molecule has 1 heterocycles. The molecule has 0 amide bonds. The third-order valence-corrected chi connectivity index (χ3v) is 3.23. The fourth-order valence-corrected chi connectivity index (χ4v) is 2.39. The zero-order valence-corrected chi connectivity index (χ0v) is 7.77. The topological polar surface area (TPSA) is 20.3 Å². The summed E-state index contributed by atoms with van der Waals surface area (Å²) >= 11 is 2.01. The van der Waals surface area contributed by atoms with Gasteiger partial charge in [-0.3, -0.25) is 4.90 Å². The highest BCUT2D eigenvalue weighted by atomic mass is 32.2. The van der Waals surface area contributed by atoms with Crippen molar-refractivity contribution in [2.24, 2.45) is 0 Å². The molecule has 0 radical (unpaired) electrons. The van der Waals surface area contributed by atoms with Crippen LogP contribution in [0.25, 0.3) is 0 Å². The molecule has 0 aromatic carbocycles. The van der Waals surface area contributed by atoms with Crippen molar-refractivity contribution in [3.8, 4) is 0 Å². The van der Waals surface area contributed by atoms with Crippen molar-refractivity contribution in [1.82, 2.24) is 4.90 Å². The van der Waals surface area contributed by atoms with E-state index in [1.165, 1.54) is 11.5 Å². The van der Waals surface area contributed by atoms with Crippen LogP contribution in [0.2, 0.25) is 0 Å². The molecule has 0 aromatic heterocycles. The van der Waals surface area contributed by atoms with Crippen molar-refractivity contribution in [1.29, 1.82) is 0 Å². The first kappa shape index (κ1) is 9.07. The van der Waals surface area contributed by atoms with Crippen LogP contribution >= 0.6 is 11.8 Å². The number of hydrogen-bond donors (Lipinski definition) is 0. The summed E-state index contributed by atoms with van der Waals surface area (Å²) in [6.07, 6.45) is 1.70. The van der Waals surface area contributed by atoms with Gasteiger partial charge in [-0.25, -0.2) is 0 Å². The molecule has 0 aromatic rings. The first-order valence-corrected chi connectivity index (χ1v) is 5.25. The monoisotopic (exact) mass is 173 g/mol. The fraction of sp³-hybridized carbons (Fsp3) is 0.875. The number of carbonyl (C=O) groups excluding carboxylic acids is 1. The molecule has 0 aliphatic carbocycles. The summed E-state index contributed by atoms with van der Waals surface area (Å²) in [6, 6.07) is 0.661. The quantitative estimate of drug-likeness (QED) is 0.594. The number of thioether (sulfide) groups is 1. The van der Waals surface area contributed by atoms with Crippen molar-refractivity contribution < 1.29 is 4.79 Å². The molecule has 1 unspecified atom stereocenters. The highest BCUT2D eigenvalue weighted by Gasteiger charge is 2.17. The van der Waals surface area contributed by atoms with Gasteiger partial charge in [0.15, 0.2) is 0 Å². The second-order valence-electron chi connectivity index (χ2n) is 2.92. The predicted molar refractivity (Wildman–Crippen MR) is 49.0 cm³/mol. The third kappa shape index (κ3) is 2.83. The standard InChI is InChI=1S/C8H15NOS/c1-8-7-11-6-4-9(8)3-2-5-10/h5,8H,2-4,6-7H2,1H3. The minimum absolute atomic E-state index is 0.661. The second-order valence-corrected chi connectivity index (χ2v) is 4.07. The van der Waals surface area contributed by atoms with Crippen LogP contribution in [0.1, 0.15) is 13.3 Å². The van der Waals surface area contributed by atoms with Crippen LogP contribution < -0.4 is 0 Å². The normalized spacial score (nSPS) is 26.8. The third-order valence-electron chi connectivity index (χ3n) is 2.04. The van der Waals surface area contributed by atoms with E-state index in [4.69, 9.17) is 0 Å². The fourth-order valence-electron chi connectivity index (χ4n) is 1.31. The lowest BCUT2D eigenvalue weighted by Crippen LogP contribution is -2.40. The van der Waals surface area contributed by atoms with E-state index in [9.17, 15) is 4.79 Å². The average molecular weight is 173 g/mol. The van der Waals surface area contributed by atoms with E-state index in [2.05, 4.69) is 11.8 Å². The lowest BCUT2D eigenvalue weighted by Gasteiger charge is -2.32. The van der Waals surface area contributed by atoms with Crippen LogP contribution in [-0.2, 0) is 4.79 Å². The van der Waals surface area contributed by atoms with E-state index in [1.54, 1.807) is 0 Å². The van der Waals surface area contributed by atoms with Gasteiger partial charge in [0, 0.05) is 37.1 Å². The van der Waals surface area contributed by atoms with Crippen LogP contribution in [0, 0.1) is 0 Å². The second kappa shape index (κ2) is 4.78. The average Bonchev–Trinajstić information content (AvgIpc) is 2.03. The number of rotatable bonds is 3. The first-order chi connectivity index (χ1) is 5.34. The molecule has 64 valence electrons. The van der Waals surface area contributed by atoms with Gasteiger partial charge in [0.05, 0.1) is 0 Å². The molecular weight excluding hydrogens is 158 g/mol. The van der Waals surface area contributed by atoms with E-state index in [0.29, 0.717) is 12.5 Å².